The molecule has 0 saturated heterocycles. The number of hydrogen-bond donors (Lipinski definition) is 2. The summed E-state index contributed by atoms with van der Waals surface area (Å²) in [5.41, 5.74) is 4.63. The molecule has 1 saturated carbocycles. The van der Waals surface area contributed by atoms with Crippen molar-refractivity contribution in [3.8, 4) is 0 Å². The lowest BCUT2D eigenvalue weighted by Gasteiger charge is -2.09. The van der Waals surface area contributed by atoms with Crippen molar-refractivity contribution in [3.05, 3.63) is 64.7 Å². The first-order valence-corrected chi connectivity index (χ1v) is 8.27. The van der Waals surface area contributed by atoms with E-state index in [1.165, 1.54) is 0 Å². The third-order valence-electron chi connectivity index (χ3n) is 4.11. The fourth-order valence-corrected chi connectivity index (χ4v) is 2.70. The Morgan fingerprint density at radius 3 is 2.21 bits per heavy atom. The van der Waals surface area contributed by atoms with Crippen molar-refractivity contribution >= 4 is 17.5 Å². The summed E-state index contributed by atoms with van der Waals surface area (Å²) >= 11 is 0. The molecule has 2 N–H and O–H groups in total. The molecule has 0 radical (unpaired) electrons. The lowest BCUT2D eigenvalue weighted by molar-refractivity contribution is -0.122. The Labute approximate surface area is 142 Å². The second-order valence-corrected chi connectivity index (χ2v) is 6.52. The molecule has 2 aromatic rings. The number of aryl methyl sites for hydroxylation is 2. The monoisotopic (exact) mass is 322 g/mol. The smallest absolute Gasteiger partial charge is 0.255 e. The van der Waals surface area contributed by atoms with Gasteiger partial charge in [0.05, 0.1) is 0 Å². The molecule has 0 spiro atoms. The highest BCUT2D eigenvalue weighted by molar-refractivity contribution is 6.04. The molecule has 124 valence electrons. The number of rotatable bonds is 5. The van der Waals surface area contributed by atoms with E-state index in [0.717, 1.165) is 35.2 Å². The van der Waals surface area contributed by atoms with Crippen LogP contribution in [0.1, 0.15) is 39.9 Å². The zero-order valence-corrected chi connectivity index (χ0v) is 14.1. The molecule has 4 heteroatoms. The van der Waals surface area contributed by atoms with Crippen LogP contribution in [0.2, 0.25) is 0 Å². The van der Waals surface area contributed by atoms with Gasteiger partial charge in [-0.15, -0.1) is 0 Å². The molecule has 0 atom stereocenters. The highest BCUT2D eigenvalue weighted by Crippen LogP contribution is 2.28. The normalized spacial score (nSPS) is 13.4. The van der Waals surface area contributed by atoms with E-state index in [1.54, 1.807) is 12.1 Å². The zero-order valence-electron chi connectivity index (χ0n) is 14.1. The van der Waals surface area contributed by atoms with Gasteiger partial charge in [-0.25, -0.2) is 0 Å². The van der Waals surface area contributed by atoms with Crippen LogP contribution in [0.25, 0.3) is 0 Å². The molecule has 2 aromatic carbocycles. The van der Waals surface area contributed by atoms with Crippen molar-refractivity contribution in [2.24, 2.45) is 5.92 Å². The molecule has 0 aromatic heterocycles. The van der Waals surface area contributed by atoms with E-state index in [4.69, 9.17) is 0 Å². The number of carbonyl (C=O) groups is 2. The standard InChI is InChI=1S/C20H22N2O2/c1-13-9-14(2)11-18(10-13)22-20(24)17-5-3-15(4-6-17)12-21-19(23)16-7-8-16/h3-6,9-11,16H,7-8,12H2,1-2H3,(H,21,23)(H,22,24). The Bertz CT molecular complexity index is 741. The molecular formula is C20H22N2O2. The van der Waals surface area contributed by atoms with Gasteiger partial charge in [0.15, 0.2) is 0 Å². The first-order valence-electron chi connectivity index (χ1n) is 8.27. The van der Waals surface area contributed by atoms with E-state index in [-0.39, 0.29) is 17.7 Å². The van der Waals surface area contributed by atoms with Crippen LogP contribution in [0, 0.1) is 19.8 Å². The van der Waals surface area contributed by atoms with Gasteiger partial charge >= 0.3 is 0 Å². The van der Waals surface area contributed by atoms with Gasteiger partial charge in [-0.1, -0.05) is 18.2 Å². The first kappa shape index (κ1) is 16.2. The second-order valence-electron chi connectivity index (χ2n) is 6.52. The van der Waals surface area contributed by atoms with Gasteiger partial charge in [-0.2, -0.15) is 0 Å². The predicted molar refractivity (Wildman–Crippen MR) is 94.9 cm³/mol. The predicted octanol–water partition coefficient (Wildman–Crippen LogP) is 3.58. The van der Waals surface area contributed by atoms with E-state index >= 15 is 0 Å². The highest BCUT2D eigenvalue weighted by Gasteiger charge is 2.29. The van der Waals surface area contributed by atoms with Crippen molar-refractivity contribution in [2.75, 3.05) is 5.32 Å². The third-order valence-corrected chi connectivity index (χ3v) is 4.11. The summed E-state index contributed by atoms with van der Waals surface area (Å²) in [6, 6.07) is 13.3. The minimum absolute atomic E-state index is 0.131. The van der Waals surface area contributed by atoms with Crippen molar-refractivity contribution in [3.63, 3.8) is 0 Å². The molecule has 0 bridgehead atoms. The summed E-state index contributed by atoms with van der Waals surface area (Å²) in [6.45, 7) is 4.52. The van der Waals surface area contributed by atoms with Crippen LogP contribution in [0.4, 0.5) is 5.69 Å². The zero-order chi connectivity index (χ0) is 17.1. The number of amides is 2. The molecular weight excluding hydrogens is 300 g/mol. The molecule has 1 aliphatic rings. The van der Waals surface area contributed by atoms with E-state index in [2.05, 4.69) is 16.7 Å². The molecule has 0 unspecified atom stereocenters. The summed E-state index contributed by atoms with van der Waals surface area (Å²) in [4.78, 5) is 24.0. The molecule has 3 rings (SSSR count). The quantitative estimate of drug-likeness (QED) is 0.884. The molecule has 0 heterocycles. The van der Waals surface area contributed by atoms with Gasteiger partial charge in [-0.3, -0.25) is 9.59 Å². The molecule has 0 aliphatic heterocycles. The highest BCUT2D eigenvalue weighted by atomic mass is 16.2. The fourth-order valence-electron chi connectivity index (χ4n) is 2.70. The number of benzene rings is 2. The van der Waals surface area contributed by atoms with Crippen molar-refractivity contribution in [2.45, 2.75) is 33.2 Å². The molecule has 1 aliphatic carbocycles. The average Bonchev–Trinajstić information content (AvgIpc) is 3.37. The molecule has 4 nitrogen and oxygen atoms in total. The maximum atomic E-state index is 12.3. The molecule has 1 fully saturated rings. The summed E-state index contributed by atoms with van der Waals surface area (Å²) in [6.07, 6.45) is 2.01. The number of carbonyl (C=O) groups excluding carboxylic acids is 2. The van der Waals surface area contributed by atoms with Crippen molar-refractivity contribution in [1.82, 2.24) is 5.32 Å². The largest absolute Gasteiger partial charge is 0.352 e. The summed E-state index contributed by atoms with van der Waals surface area (Å²) in [7, 11) is 0. The number of nitrogens with one attached hydrogen (secondary N) is 2. The second kappa shape index (κ2) is 6.87. The van der Waals surface area contributed by atoms with Crippen molar-refractivity contribution in [1.29, 1.82) is 0 Å². The summed E-state index contributed by atoms with van der Waals surface area (Å²) in [5.74, 6) is 0.216. The third kappa shape index (κ3) is 4.22. The van der Waals surface area contributed by atoms with Gasteiger partial charge in [0.1, 0.15) is 0 Å². The lowest BCUT2D eigenvalue weighted by Crippen LogP contribution is -2.24. The minimum Gasteiger partial charge on any atom is -0.352 e. The minimum atomic E-state index is -0.131. The van der Waals surface area contributed by atoms with E-state index in [0.29, 0.717) is 12.1 Å². The topological polar surface area (TPSA) is 58.2 Å². The van der Waals surface area contributed by atoms with Crippen LogP contribution in [0.5, 0.6) is 0 Å². The van der Waals surface area contributed by atoms with Crippen LogP contribution in [0.3, 0.4) is 0 Å². The van der Waals surface area contributed by atoms with E-state index in [9.17, 15) is 9.59 Å². The SMILES string of the molecule is Cc1cc(C)cc(NC(=O)c2ccc(CNC(=O)C3CC3)cc2)c1. The van der Waals surface area contributed by atoms with Crippen LogP contribution in [-0.2, 0) is 11.3 Å². The number of hydrogen-bond acceptors (Lipinski definition) is 2. The Hall–Kier alpha value is -2.62. The Morgan fingerprint density at radius 2 is 1.62 bits per heavy atom. The van der Waals surface area contributed by atoms with Crippen LogP contribution >= 0.6 is 0 Å². The number of anilines is 1. The average molecular weight is 322 g/mol. The van der Waals surface area contributed by atoms with Gasteiger partial charge < -0.3 is 10.6 Å². The molecule has 24 heavy (non-hydrogen) atoms. The van der Waals surface area contributed by atoms with E-state index < -0.39 is 0 Å². The molecule has 2 amide bonds. The summed E-state index contributed by atoms with van der Waals surface area (Å²) < 4.78 is 0. The van der Waals surface area contributed by atoms with Crippen LogP contribution in [-0.4, -0.2) is 11.8 Å². The van der Waals surface area contributed by atoms with Gasteiger partial charge in [0, 0.05) is 23.7 Å². The Balaban J connectivity index is 1.59. The summed E-state index contributed by atoms with van der Waals surface area (Å²) in [5, 5.41) is 5.85. The van der Waals surface area contributed by atoms with Gasteiger partial charge in [0.25, 0.3) is 5.91 Å². The van der Waals surface area contributed by atoms with Crippen LogP contribution in [0.15, 0.2) is 42.5 Å². The van der Waals surface area contributed by atoms with Gasteiger partial charge in [0.2, 0.25) is 5.91 Å². The Kier molecular flexibility index (Phi) is 4.65. The fraction of sp³-hybridized carbons (Fsp3) is 0.300. The maximum Gasteiger partial charge on any atom is 0.255 e. The first-order chi connectivity index (χ1) is 11.5. The van der Waals surface area contributed by atoms with Gasteiger partial charge in [-0.05, 0) is 67.6 Å². The van der Waals surface area contributed by atoms with Crippen molar-refractivity contribution < 1.29 is 9.59 Å². The Morgan fingerprint density at radius 1 is 1.00 bits per heavy atom. The van der Waals surface area contributed by atoms with Crippen LogP contribution < -0.4 is 10.6 Å². The van der Waals surface area contributed by atoms with E-state index in [1.807, 2.05) is 38.1 Å². The lowest BCUT2D eigenvalue weighted by atomic mass is 10.1. The maximum absolute atomic E-state index is 12.3.